The highest BCUT2D eigenvalue weighted by Crippen LogP contribution is 2.14. The van der Waals surface area contributed by atoms with Gasteiger partial charge in [-0.2, -0.15) is 0 Å². The van der Waals surface area contributed by atoms with E-state index in [0.29, 0.717) is 37.8 Å². The Hall–Kier alpha value is -6.89. The number of unbranched alkanes of at least 4 members (excludes halogenated alkanes) is 14. The predicted molar refractivity (Wildman–Crippen MR) is 299 cm³/mol. The summed E-state index contributed by atoms with van der Waals surface area (Å²) < 4.78 is 0. The van der Waals surface area contributed by atoms with E-state index in [-0.39, 0.29) is 50.5 Å². The highest BCUT2D eigenvalue weighted by Gasteiger charge is 2.33. The van der Waals surface area contributed by atoms with E-state index in [4.69, 9.17) is 22.9 Å². The van der Waals surface area contributed by atoms with Crippen LogP contribution in [0.5, 0.6) is 0 Å². The molecule has 1 aliphatic rings. The summed E-state index contributed by atoms with van der Waals surface area (Å²) in [5.41, 5.74) is 23.2. The predicted octanol–water partition coefficient (Wildman–Crippen LogP) is -0.800. The largest absolute Gasteiger partial charge is 0.391 e. The number of carbonyl (C=O) groups excluding carboxylic acids is 10. The Morgan fingerprint density at radius 1 is 0.684 bits per heavy atom. The van der Waals surface area contributed by atoms with Gasteiger partial charge >= 0.3 is 0 Å². The molecule has 0 aliphatic carbocycles. The quantitative estimate of drug-likeness (QED) is 0.0239. The van der Waals surface area contributed by atoms with Crippen LogP contribution in [0.25, 0.3) is 0 Å². The van der Waals surface area contributed by atoms with Gasteiger partial charge in [0.05, 0.1) is 25.2 Å². The lowest BCUT2D eigenvalue weighted by Gasteiger charge is -2.26. The number of nitrogens with two attached hydrogens (primary N) is 4. The molecule has 0 radical (unpaired) electrons. The van der Waals surface area contributed by atoms with Crippen molar-refractivity contribution in [2.24, 2.45) is 27.9 Å². The Morgan fingerprint density at radius 2 is 1.32 bits per heavy atom. The molecule has 7 atom stereocenters. The zero-order valence-electron chi connectivity index (χ0n) is 46.5. The van der Waals surface area contributed by atoms with Gasteiger partial charge in [0, 0.05) is 38.9 Å². The lowest BCUT2D eigenvalue weighted by atomic mass is 10.0. The van der Waals surface area contributed by atoms with Crippen molar-refractivity contribution in [1.29, 1.82) is 0 Å². The van der Waals surface area contributed by atoms with E-state index >= 15 is 0 Å². The van der Waals surface area contributed by atoms with Crippen LogP contribution in [0.3, 0.4) is 0 Å². The number of amides is 10. The molecular formula is C54H92N14O11. The second-order valence-corrected chi connectivity index (χ2v) is 20.2. The van der Waals surface area contributed by atoms with E-state index < -0.39 is 122 Å². The second kappa shape index (κ2) is 40.3. The number of nitrogens with one attached hydrogen (secondary N) is 9. The van der Waals surface area contributed by atoms with Gasteiger partial charge in [0.15, 0.2) is 5.96 Å². The molecular weight excluding hydrogens is 1020 g/mol. The van der Waals surface area contributed by atoms with Crippen molar-refractivity contribution in [3.8, 4) is 0 Å². The van der Waals surface area contributed by atoms with E-state index in [1.54, 1.807) is 30.3 Å². The maximum atomic E-state index is 14.2. The number of benzene rings is 1. The first-order chi connectivity index (χ1) is 37.8. The van der Waals surface area contributed by atoms with E-state index in [9.17, 15) is 53.1 Å². The topological polar surface area (TPSA) is 416 Å². The molecule has 0 bridgehead atoms. The summed E-state index contributed by atoms with van der Waals surface area (Å²) in [5, 5.41) is 33.0. The van der Waals surface area contributed by atoms with Crippen molar-refractivity contribution in [3.05, 3.63) is 35.9 Å². The number of hydrogen-bond acceptors (Lipinski definition) is 13. The van der Waals surface area contributed by atoms with Crippen LogP contribution in [0, 0.1) is 0 Å². The van der Waals surface area contributed by atoms with Crippen LogP contribution < -0.4 is 70.8 Å². The fourth-order valence-corrected chi connectivity index (χ4v) is 8.58. The Labute approximate surface area is 465 Å². The molecule has 1 fully saturated rings. The number of aliphatic hydroxyl groups is 1. The van der Waals surface area contributed by atoms with Gasteiger partial charge in [-0.3, -0.25) is 52.9 Å². The zero-order valence-corrected chi connectivity index (χ0v) is 46.5. The number of aliphatic hydroxyl groups excluding tert-OH is 1. The van der Waals surface area contributed by atoms with Gasteiger partial charge in [-0.15, -0.1) is 0 Å². The van der Waals surface area contributed by atoms with Gasteiger partial charge in [-0.25, -0.2) is 0 Å². The smallest absolute Gasteiger partial charge is 0.245 e. The first kappa shape index (κ1) is 68.2. The molecule has 0 unspecified atom stereocenters. The molecule has 0 saturated carbocycles. The zero-order chi connectivity index (χ0) is 58.4. The van der Waals surface area contributed by atoms with Gasteiger partial charge in [-0.1, -0.05) is 114 Å². The Bertz CT molecular complexity index is 2090. The van der Waals surface area contributed by atoms with Crippen molar-refractivity contribution in [2.45, 2.75) is 204 Å². The van der Waals surface area contributed by atoms with Gasteiger partial charge < -0.3 is 75.9 Å². The van der Waals surface area contributed by atoms with E-state index in [1.165, 1.54) is 71.1 Å². The van der Waals surface area contributed by atoms with Gasteiger partial charge in [0.25, 0.3) is 0 Å². The minimum atomic E-state index is -1.64. The highest BCUT2D eigenvalue weighted by molar-refractivity contribution is 5.97. The van der Waals surface area contributed by atoms with Crippen molar-refractivity contribution in [1.82, 2.24) is 47.9 Å². The van der Waals surface area contributed by atoms with Crippen LogP contribution >= 0.6 is 0 Å². The van der Waals surface area contributed by atoms with E-state index in [0.717, 1.165) is 19.3 Å². The Balaban J connectivity index is 2.14. The lowest BCUT2D eigenvalue weighted by Crippen LogP contribution is -2.60. The Kier molecular flexibility index (Phi) is 34.8. The van der Waals surface area contributed by atoms with Crippen LogP contribution in [0.2, 0.25) is 0 Å². The molecule has 0 aromatic heterocycles. The molecule has 2 rings (SSSR count). The summed E-state index contributed by atoms with van der Waals surface area (Å²) in [7, 11) is 0. The SMILES string of the molecule is CCCCCCCCCCCCCCCC(=O)NCCCC[C@H](N)C(=O)NCC(=O)N[C@H]1CNC(=O)CC[C@@H](C(N)=O)NC(=O)[C@H]([C@@H](C)O)NC(=O)CNC(=O)[C@H](Cc2ccccc2)NC(=O)[C@H](CCCCN=C(N)N)NC1=O. The van der Waals surface area contributed by atoms with Gasteiger partial charge in [0.2, 0.25) is 59.1 Å². The molecule has 18 N–H and O–H groups in total. The molecule has 1 aliphatic heterocycles. The van der Waals surface area contributed by atoms with Crippen LogP contribution in [0.15, 0.2) is 35.3 Å². The van der Waals surface area contributed by atoms with Crippen molar-refractivity contribution in [3.63, 3.8) is 0 Å². The molecule has 1 saturated heterocycles. The number of rotatable bonds is 32. The molecule has 25 heteroatoms. The number of primary amides is 1. The number of guanidine groups is 1. The average Bonchev–Trinajstić information content (AvgIpc) is 3.41. The fraction of sp³-hybridized carbons (Fsp3) is 0.685. The van der Waals surface area contributed by atoms with Gasteiger partial charge in [-0.05, 0) is 63.9 Å². The van der Waals surface area contributed by atoms with Crippen molar-refractivity contribution >= 4 is 65.0 Å². The lowest BCUT2D eigenvalue weighted by molar-refractivity contribution is -0.135. The fourth-order valence-electron chi connectivity index (χ4n) is 8.58. The standard InChI is InChI=1S/C54H92N14O11/c1-3-4-5-6-7-8-9-10-11-12-13-14-18-27-43(70)59-30-21-19-25-38(55)49(75)62-34-45(72)64-42-33-61-44(71)29-28-39(48(56)74)65-53(79)47(36(2)69)68-46(73)35-63-50(76)41(32-37-23-16-15-17-24-37)67-51(77)40(66-52(42)78)26-20-22-31-60-54(57)58/h15-17,23-24,36,38-42,47,69H,3-14,18-22,25-35,55H2,1-2H3,(H2,56,74)(H,59,70)(H,61,71)(H,62,75)(H,63,76)(H,64,72)(H,65,79)(H,66,78)(H,67,77)(H,68,73)(H4,57,58,60)/t36-,38+,39+,40+,41+,42+,47+/m1/s1. The van der Waals surface area contributed by atoms with Crippen molar-refractivity contribution < 1.29 is 53.1 Å². The van der Waals surface area contributed by atoms with Crippen molar-refractivity contribution in [2.75, 3.05) is 32.7 Å². The van der Waals surface area contributed by atoms with E-state index in [2.05, 4.69) is 59.8 Å². The normalized spacial score (nSPS) is 19.8. The van der Waals surface area contributed by atoms with Crippen LogP contribution in [-0.2, 0) is 54.4 Å². The summed E-state index contributed by atoms with van der Waals surface area (Å²) in [5.74, 6) is -8.14. The summed E-state index contributed by atoms with van der Waals surface area (Å²) >= 11 is 0. The van der Waals surface area contributed by atoms with Crippen LogP contribution in [0.1, 0.15) is 161 Å². The van der Waals surface area contributed by atoms with Crippen LogP contribution in [-0.4, -0.2) is 145 Å². The molecule has 1 heterocycles. The molecule has 444 valence electrons. The maximum Gasteiger partial charge on any atom is 0.245 e. The third-order valence-electron chi connectivity index (χ3n) is 13.3. The first-order valence-corrected chi connectivity index (χ1v) is 28.2. The number of nitrogens with zero attached hydrogens (tertiary/aromatic N) is 1. The molecule has 1 aromatic rings. The average molecular weight is 1110 g/mol. The Morgan fingerprint density at radius 3 is 1.94 bits per heavy atom. The van der Waals surface area contributed by atoms with Gasteiger partial charge in [0.1, 0.15) is 30.2 Å². The second-order valence-electron chi connectivity index (χ2n) is 20.2. The summed E-state index contributed by atoms with van der Waals surface area (Å²) in [6.07, 6.45) is 15.8. The summed E-state index contributed by atoms with van der Waals surface area (Å²) in [6.45, 7) is 2.07. The number of aliphatic imine (C=N–C) groups is 1. The molecule has 10 amide bonds. The minimum absolute atomic E-state index is 0.0222. The summed E-state index contributed by atoms with van der Waals surface area (Å²) in [4.78, 5) is 137. The molecule has 0 spiro atoms. The third kappa shape index (κ3) is 31.3. The molecule has 1 aromatic carbocycles. The number of carbonyl (C=O) groups is 10. The third-order valence-corrected chi connectivity index (χ3v) is 13.3. The minimum Gasteiger partial charge on any atom is -0.391 e. The molecule has 25 nitrogen and oxygen atoms in total. The first-order valence-electron chi connectivity index (χ1n) is 28.2. The monoisotopic (exact) mass is 1110 g/mol. The summed E-state index contributed by atoms with van der Waals surface area (Å²) in [6, 6.07) is 0.112. The maximum absolute atomic E-state index is 14.2. The molecule has 79 heavy (non-hydrogen) atoms. The number of hydrogen-bond donors (Lipinski definition) is 14. The van der Waals surface area contributed by atoms with E-state index in [1.807, 2.05) is 0 Å². The highest BCUT2D eigenvalue weighted by atomic mass is 16.3. The van der Waals surface area contributed by atoms with Crippen LogP contribution in [0.4, 0.5) is 0 Å².